The maximum atomic E-state index is 5.06. The molecule has 2 rings (SSSR count). The van der Waals surface area contributed by atoms with E-state index in [2.05, 4.69) is 36.5 Å². The van der Waals surface area contributed by atoms with Crippen LogP contribution in [0.3, 0.4) is 0 Å². The second kappa shape index (κ2) is 5.52. The molecule has 2 nitrogen and oxygen atoms in total. The van der Waals surface area contributed by atoms with Gasteiger partial charge in [0.15, 0.2) is 0 Å². The van der Waals surface area contributed by atoms with Crippen LogP contribution in [0.2, 0.25) is 0 Å². The summed E-state index contributed by atoms with van der Waals surface area (Å²) in [4.78, 5) is 0. The van der Waals surface area contributed by atoms with Gasteiger partial charge >= 0.3 is 0 Å². The molecule has 1 aromatic carbocycles. The minimum absolute atomic E-state index is 0.350. The molecule has 2 heteroatoms. The molecule has 1 aromatic heterocycles. The Morgan fingerprint density at radius 3 is 2.69 bits per heavy atom. The summed E-state index contributed by atoms with van der Waals surface area (Å²) in [6.07, 6.45) is 4.56. The molecule has 0 bridgehead atoms. The Morgan fingerprint density at radius 1 is 1.19 bits per heavy atom. The third-order valence-corrected chi connectivity index (χ3v) is 2.75. The Hall–Kier alpha value is -1.54. The normalized spacial score (nSPS) is 12.6. The van der Waals surface area contributed by atoms with E-state index in [1.54, 1.807) is 12.5 Å². The molecular weight excluding hydrogens is 198 g/mol. The number of hydrogen-bond donors (Lipinski definition) is 1. The van der Waals surface area contributed by atoms with Gasteiger partial charge in [-0.05, 0) is 31.5 Å². The van der Waals surface area contributed by atoms with Crippen LogP contribution in [0, 0.1) is 0 Å². The standard InChI is InChI=1S/C14H17NO/c1-12(14-8-10-16-11-14)15-9-7-13-5-3-2-4-6-13/h2-6,8,10-12,15H,7,9H2,1H3. The summed E-state index contributed by atoms with van der Waals surface area (Å²) < 4.78 is 5.06. The van der Waals surface area contributed by atoms with Crippen molar-refractivity contribution in [3.63, 3.8) is 0 Å². The topological polar surface area (TPSA) is 25.2 Å². The van der Waals surface area contributed by atoms with Crippen molar-refractivity contribution < 1.29 is 4.42 Å². The van der Waals surface area contributed by atoms with E-state index < -0.39 is 0 Å². The quantitative estimate of drug-likeness (QED) is 0.828. The first-order chi connectivity index (χ1) is 7.86. The Kier molecular flexibility index (Phi) is 3.78. The molecule has 0 amide bonds. The van der Waals surface area contributed by atoms with Crippen molar-refractivity contribution in [2.24, 2.45) is 0 Å². The predicted octanol–water partition coefficient (Wildman–Crippen LogP) is 3.17. The van der Waals surface area contributed by atoms with Crippen LogP contribution in [0.5, 0.6) is 0 Å². The number of hydrogen-bond acceptors (Lipinski definition) is 2. The van der Waals surface area contributed by atoms with Gasteiger partial charge in [0, 0.05) is 11.6 Å². The average Bonchev–Trinajstić information content (AvgIpc) is 2.84. The second-order valence-electron chi connectivity index (χ2n) is 3.97. The molecule has 84 valence electrons. The first kappa shape index (κ1) is 11.0. The van der Waals surface area contributed by atoms with Crippen molar-refractivity contribution in [1.29, 1.82) is 0 Å². The highest BCUT2D eigenvalue weighted by atomic mass is 16.3. The Balaban J connectivity index is 1.76. The van der Waals surface area contributed by atoms with Crippen LogP contribution in [0.15, 0.2) is 53.3 Å². The monoisotopic (exact) mass is 215 g/mol. The molecule has 0 aliphatic carbocycles. The van der Waals surface area contributed by atoms with E-state index in [1.165, 1.54) is 11.1 Å². The van der Waals surface area contributed by atoms with Crippen LogP contribution < -0.4 is 5.32 Å². The van der Waals surface area contributed by atoms with Crippen LogP contribution in [0.25, 0.3) is 0 Å². The van der Waals surface area contributed by atoms with Crippen LogP contribution in [0.4, 0.5) is 0 Å². The van der Waals surface area contributed by atoms with Crippen LogP contribution >= 0.6 is 0 Å². The number of furan rings is 1. The molecule has 0 fully saturated rings. The van der Waals surface area contributed by atoms with Crippen molar-refractivity contribution in [3.05, 3.63) is 60.1 Å². The van der Waals surface area contributed by atoms with Crippen LogP contribution in [-0.4, -0.2) is 6.54 Å². The molecule has 0 radical (unpaired) electrons. The Bertz CT molecular complexity index is 394. The lowest BCUT2D eigenvalue weighted by Crippen LogP contribution is -2.20. The zero-order chi connectivity index (χ0) is 11.2. The first-order valence-electron chi connectivity index (χ1n) is 5.65. The lowest BCUT2D eigenvalue weighted by atomic mass is 10.1. The molecule has 16 heavy (non-hydrogen) atoms. The van der Waals surface area contributed by atoms with Crippen LogP contribution in [-0.2, 0) is 6.42 Å². The van der Waals surface area contributed by atoms with Crippen molar-refractivity contribution in [2.45, 2.75) is 19.4 Å². The van der Waals surface area contributed by atoms with Gasteiger partial charge in [-0.15, -0.1) is 0 Å². The fourth-order valence-corrected chi connectivity index (χ4v) is 1.72. The van der Waals surface area contributed by atoms with Crippen molar-refractivity contribution in [3.8, 4) is 0 Å². The molecule has 0 saturated carbocycles. The predicted molar refractivity (Wildman–Crippen MR) is 65.3 cm³/mol. The average molecular weight is 215 g/mol. The molecule has 0 saturated heterocycles. The van der Waals surface area contributed by atoms with Crippen molar-refractivity contribution >= 4 is 0 Å². The highest BCUT2D eigenvalue weighted by Crippen LogP contribution is 2.11. The maximum Gasteiger partial charge on any atom is 0.0950 e. The molecule has 0 aliphatic rings. The van der Waals surface area contributed by atoms with E-state index in [0.717, 1.165) is 13.0 Å². The van der Waals surface area contributed by atoms with Gasteiger partial charge in [0.1, 0.15) is 0 Å². The summed E-state index contributed by atoms with van der Waals surface area (Å²) in [6, 6.07) is 12.9. The van der Waals surface area contributed by atoms with Gasteiger partial charge < -0.3 is 9.73 Å². The minimum atomic E-state index is 0.350. The summed E-state index contributed by atoms with van der Waals surface area (Å²) >= 11 is 0. The van der Waals surface area contributed by atoms with E-state index in [4.69, 9.17) is 4.42 Å². The molecule has 1 unspecified atom stereocenters. The van der Waals surface area contributed by atoms with E-state index in [0.29, 0.717) is 6.04 Å². The molecule has 1 heterocycles. The number of nitrogens with one attached hydrogen (secondary N) is 1. The fourth-order valence-electron chi connectivity index (χ4n) is 1.72. The van der Waals surface area contributed by atoms with Crippen molar-refractivity contribution in [1.82, 2.24) is 5.32 Å². The SMILES string of the molecule is CC(NCCc1ccccc1)c1ccoc1. The van der Waals surface area contributed by atoms with Crippen molar-refractivity contribution in [2.75, 3.05) is 6.54 Å². The van der Waals surface area contributed by atoms with Gasteiger partial charge in [0.2, 0.25) is 0 Å². The molecule has 0 aliphatic heterocycles. The van der Waals surface area contributed by atoms with Gasteiger partial charge in [0.25, 0.3) is 0 Å². The van der Waals surface area contributed by atoms with Gasteiger partial charge in [0.05, 0.1) is 12.5 Å². The molecule has 1 atom stereocenters. The molecule has 1 N–H and O–H groups in total. The highest BCUT2D eigenvalue weighted by molar-refractivity contribution is 5.15. The lowest BCUT2D eigenvalue weighted by Gasteiger charge is -2.11. The fraction of sp³-hybridized carbons (Fsp3) is 0.286. The molecule has 0 spiro atoms. The number of rotatable bonds is 5. The summed E-state index contributed by atoms with van der Waals surface area (Å²) in [7, 11) is 0. The van der Waals surface area contributed by atoms with E-state index in [1.807, 2.05) is 12.1 Å². The summed E-state index contributed by atoms with van der Waals surface area (Å²) in [5.41, 5.74) is 2.57. The second-order valence-corrected chi connectivity index (χ2v) is 3.97. The van der Waals surface area contributed by atoms with Gasteiger partial charge in [-0.1, -0.05) is 30.3 Å². The first-order valence-corrected chi connectivity index (χ1v) is 5.65. The van der Waals surface area contributed by atoms with Gasteiger partial charge in [-0.2, -0.15) is 0 Å². The Labute approximate surface area is 96.3 Å². The third-order valence-electron chi connectivity index (χ3n) is 2.75. The maximum absolute atomic E-state index is 5.06. The molecular formula is C14H17NO. The van der Waals surface area contributed by atoms with Gasteiger partial charge in [-0.25, -0.2) is 0 Å². The summed E-state index contributed by atoms with van der Waals surface area (Å²) in [5.74, 6) is 0. The Morgan fingerprint density at radius 2 is 2.00 bits per heavy atom. The van der Waals surface area contributed by atoms with E-state index in [9.17, 15) is 0 Å². The smallest absolute Gasteiger partial charge is 0.0950 e. The number of benzene rings is 1. The highest BCUT2D eigenvalue weighted by Gasteiger charge is 2.04. The summed E-state index contributed by atoms with van der Waals surface area (Å²) in [5, 5.41) is 3.47. The molecule has 2 aromatic rings. The van der Waals surface area contributed by atoms with E-state index in [-0.39, 0.29) is 0 Å². The minimum Gasteiger partial charge on any atom is -0.472 e. The summed E-state index contributed by atoms with van der Waals surface area (Å²) in [6.45, 7) is 3.13. The van der Waals surface area contributed by atoms with Crippen LogP contribution in [0.1, 0.15) is 24.1 Å². The largest absolute Gasteiger partial charge is 0.472 e. The zero-order valence-corrected chi connectivity index (χ0v) is 9.52. The zero-order valence-electron chi connectivity index (χ0n) is 9.52. The van der Waals surface area contributed by atoms with Gasteiger partial charge in [-0.3, -0.25) is 0 Å². The van der Waals surface area contributed by atoms with E-state index >= 15 is 0 Å². The third kappa shape index (κ3) is 2.97. The lowest BCUT2D eigenvalue weighted by molar-refractivity contribution is 0.540.